The molecule has 3 nitrogen and oxygen atoms in total. The molecule has 0 bridgehead atoms. The molecule has 0 unspecified atom stereocenters. The van der Waals surface area contributed by atoms with Gasteiger partial charge in [0.1, 0.15) is 5.75 Å². The van der Waals surface area contributed by atoms with Crippen LogP contribution in [0.2, 0.25) is 0 Å². The van der Waals surface area contributed by atoms with Gasteiger partial charge in [0.15, 0.2) is 0 Å². The number of ether oxygens (including phenoxy) is 1. The predicted molar refractivity (Wildman–Crippen MR) is 94.3 cm³/mol. The standard InChI is InChI=1S/C19H26N2O/c1-2-3-4-7-14-22-18-12-10-17(11-13-18)21-15-16-8-5-6-9-19(16)20/h5-6,8-13,21H,2-4,7,14-15,20H2,1H3. The van der Waals surface area contributed by atoms with E-state index in [4.69, 9.17) is 10.5 Å². The van der Waals surface area contributed by atoms with Gasteiger partial charge in [-0.05, 0) is 42.3 Å². The average molecular weight is 298 g/mol. The van der Waals surface area contributed by atoms with Gasteiger partial charge in [-0.25, -0.2) is 0 Å². The number of hydrogen-bond acceptors (Lipinski definition) is 3. The molecule has 0 fully saturated rings. The Morgan fingerprint density at radius 3 is 2.45 bits per heavy atom. The Morgan fingerprint density at radius 1 is 0.955 bits per heavy atom. The Labute approximate surface area is 133 Å². The number of para-hydroxylation sites is 1. The number of nitrogens with one attached hydrogen (secondary N) is 1. The van der Waals surface area contributed by atoms with Crippen molar-refractivity contribution in [1.82, 2.24) is 0 Å². The van der Waals surface area contributed by atoms with Crippen LogP contribution in [0.4, 0.5) is 11.4 Å². The molecular weight excluding hydrogens is 272 g/mol. The third kappa shape index (κ3) is 5.32. The minimum Gasteiger partial charge on any atom is -0.494 e. The number of nitrogen functional groups attached to an aromatic ring is 1. The number of benzene rings is 2. The SMILES string of the molecule is CCCCCCOc1ccc(NCc2ccccc2N)cc1. The highest BCUT2D eigenvalue weighted by Crippen LogP contribution is 2.18. The molecule has 0 saturated carbocycles. The maximum Gasteiger partial charge on any atom is 0.119 e. The van der Waals surface area contributed by atoms with E-state index in [0.29, 0.717) is 0 Å². The van der Waals surface area contributed by atoms with Crippen molar-refractivity contribution < 1.29 is 4.74 Å². The normalized spacial score (nSPS) is 10.4. The summed E-state index contributed by atoms with van der Waals surface area (Å²) in [5, 5.41) is 3.38. The molecule has 0 aromatic heterocycles. The summed E-state index contributed by atoms with van der Waals surface area (Å²) in [4.78, 5) is 0. The zero-order chi connectivity index (χ0) is 15.6. The van der Waals surface area contributed by atoms with Crippen LogP contribution in [-0.4, -0.2) is 6.61 Å². The molecule has 2 aromatic rings. The topological polar surface area (TPSA) is 47.3 Å². The molecule has 22 heavy (non-hydrogen) atoms. The van der Waals surface area contributed by atoms with E-state index >= 15 is 0 Å². The first-order valence-electron chi connectivity index (χ1n) is 8.09. The lowest BCUT2D eigenvalue weighted by Gasteiger charge is -2.10. The van der Waals surface area contributed by atoms with Gasteiger partial charge in [0.05, 0.1) is 6.61 Å². The van der Waals surface area contributed by atoms with Crippen molar-refractivity contribution in [2.24, 2.45) is 0 Å². The first kappa shape index (κ1) is 16.2. The van der Waals surface area contributed by atoms with Crippen molar-refractivity contribution in [3.05, 3.63) is 54.1 Å². The summed E-state index contributed by atoms with van der Waals surface area (Å²) in [7, 11) is 0. The zero-order valence-corrected chi connectivity index (χ0v) is 13.3. The fourth-order valence-electron chi connectivity index (χ4n) is 2.28. The summed E-state index contributed by atoms with van der Waals surface area (Å²) in [6, 6.07) is 16.0. The van der Waals surface area contributed by atoms with Crippen LogP contribution in [0.15, 0.2) is 48.5 Å². The number of hydrogen-bond donors (Lipinski definition) is 2. The van der Waals surface area contributed by atoms with Crippen LogP contribution in [0.3, 0.4) is 0 Å². The highest BCUT2D eigenvalue weighted by atomic mass is 16.5. The molecule has 0 heterocycles. The highest BCUT2D eigenvalue weighted by Gasteiger charge is 1.99. The minimum atomic E-state index is 0.726. The van der Waals surface area contributed by atoms with E-state index in [1.165, 1.54) is 19.3 Å². The summed E-state index contributed by atoms with van der Waals surface area (Å²) in [6.45, 7) is 3.74. The van der Waals surface area contributed by atoms with E-state index < -0.39 is 0 Å². The first-order valence-corrected chi connectivity index (χ1v) is 8.09. The third-order valence-electron chi connectivity index (χ3n) is 3.66. The van der Waals surface area contributed by atoms with Gasteiger partial charge < -0.3 is 15.8 Å². The predicted octanol–water partition coefficient (Wildman–Crippen LogP) is 4.84. The smallest absolute Gasteiger partial charge is 0.119 e. The second kappa shape index (κ2) is 8.98. The summed E-state index contributed by atoms with van der Waals surface area (Å²) < 4.78 is 5.74. The Hall–Kier alpha value is -2.16. The van der Waals surface area contributed by atoms with Crippen molar-refractivity contribution in [3.8, 4) is 5.75 Å². The van der Waals surface area contributed by atoms with Gasteiger partial charge in [0.2, 0.25) is 0 Å². The van der Waals surface area contributed by atoms with Gasteiger partial charge in [-0.1, -0.05) is 44.4 Å². The lowest BCUT2D eigenvalue weighted by atomic mass is 10.2. The van der Waals surface area contributed by atoms with E-state index in [9.17, 15) is 0 Å². The third-order valence-corrected chi connectivity index (χ3v) is 3.66. The molecule has 118 valence electrons. The lowest BCUT2D eigenvalue weighted by Crippen LogP contribution is -2.02. The largest absolute Gasteiger partial charge is 0.494 e. The zero-order valence-electron chi connectivity index (χ0n) is 13.3. The molecule has 0 saturated heterocycles. The molecule has 0 atom stereocenters. The molecule has 3 heteroatoms. The Balaban J connectivity index is 1.76. The van der Waals surface area contributed by atoms with E-state index in [-0.39, 0.29) is 0 Å². The number of anilines is 2. The summed E-state index contributed by atoms with van der Waals surface area (Å²) >= 11 is 0. The van der Waals surface area contributed by atoms with Crippen molar-refractivity contribution in [1.29, 1.82) is 0 Å². The molecule has 0 aliphatic rings. The van der Waals surface area contributed by atoms with Gasteiger partial charge in [-0.3, -0.25) is 0 Å². The summed E-state index contributed by atoms with van der Waals surface area (Å²) in [5.74, 6) is 0.932. The summed E-state index contributed by atoms with van der Waals surface area (Å²) in [6.07, 6.45) is 4.91. The summed E-state index contributed by atoms with van der Waals surface area (Å²) in [5.41, 5.74) is 8.94. The Kier molecular flexibility index (Phi) is 6.62. The van der Waals surface area contributed by atoms with Crippen LogP contribution in [0.5, 0.6) is 5.75 Å². The first-order chi connectivity index (χ1) is 10.8. The fourth-order valence-corrected chi connectivity index (χ4v) is 2.28. The van der Waals surface area contributed by atoms with Crippen LogP contribution in [0, 0.1) is 0 Å². The molecular formula is C19H26N2O. The molecule has 0 spiro atoms. The van der Waals surface area contributed by atoms with Crippen molar-refractivity contribution in [2.45, 2.75) is 39.2 Å². The molecule has 3 N–H and O–H groups in total. The van der Waals surface area contributed by atoms with E-state index in [1.54, 1.807) is 0 Å². The van der Waals surface area contributed by atoms with Crippen LogP contribution in [0.1, 0.15) is 38.2 Å². The quantitative estimate of drug-likeness (QED) is 0.514. The molecule has 2 rings (SSSR count). The van der Waals surface area contributed by atoms with Gasteiger partial charge in [0, 0.05) is 17.9 Å². The van der Waals surface area contributed by atoms with Gasteiger partial charge in [0.25, 0.3) is 0 Å². The van der Waals surface area contributed by atoms with Crippen molar-refractivity contribution in [3.63, 3.8) is 0 Å². The number of rotatable bonds is 9. The van der Waals surface area contributed by atoms with Crippen molar-refractivity contribution >= 4 is 11.4 Å². The van der Waals surface area contributed by atoms with Crippen LogP contribution in [-0.2, 0) is 6.54 Å². The van der Waals surface area contributed by atoms with Crippen LogP contribution in [0.25, 0.3) is 0 Å². The second-order valence-corrected chi connectivity index (χ2v) is 5.49. The highest BCUT2D eigenvalue weighted by molar-refractivity contribution is 5.51. The van der Waals surface area contributed by atoms with Gasteiger partial charge in [-0.15, -0.1) is 0 Å². The maximum absolute atomic E-state index is 5.94. The molecule has 0 radical (unpaired) electrons. The van der Waals surface area contributed by atoms with E-state index in [1.807, 2.05) is 48.5 Å². The fraction of sp³-hybridized carbons (Fsp3) is 0.368. The van der Waals surface area contributed by atoms with E-state index in [2.05, 4.69) is 12.2 Å². The molecule has 2 aromatic carbocycles. The second-order valence-electron chi connectivity index (χ2n) is 5.49. The monoisotopic (exact) mass is 298 g/mol. The minimum absolute atomic E-state index is 0.726. The molecule has 0 aliphatic heterocycles. The van der Waals surface area contributed by atoms with Gasteiger partial charge >= 0.3 is 0 Å². The van der Waals surface area contributed by atoms with Crippen LogP contribution < -0.4 is 15.8 Å². The molecule has 0 aliphatic carbocycles. The Bertz CT molecular complexity index is 552. The molecule has 0 amide bonds. The maximum atomic E-state index is 5.94. The van der Waals surface area contributed by atoms with Gasteiger partial charge in [-0.2, -0.15) is 0 Å². The van der Waals surface area contributed by atoms with Crippen LogP contribution >= 0.6 is 0 Å². The lowest BCUT2D eigenvalue weighted by molar-refractivity contribution is 0.305. The number of nitrogens with two attached hydrogens (primary N) is 1. The number of unbranched alkanes of at least 4 members (excludes halogenated alkanes) is 3. The Morgan fingerprint density at radius 2 is 1.73 bits per heavy atom. The van der Waals surface area contributed by atoms with E-state index in [0.717, 1.165) is 42.3 Å². The van der Waals surface area contributed by atoms with Crippen molar-refractivity contribution in [2.75, 3.05) is 17.7 Å². The average Bonchev–Trinajstić information content (AvgIpc) is 2.55.